The Morgan fingerprint density at radius 1 is 1.29 bits per heavy atom. The lowest BCUT2D eigenvalue weighted by molar-refractivity contribution is 0.0922. The summed E-state index contributed by atoms with van der Waals surface area (Å²) in [5, 5.41) is 5.28. The number of hydrogen-bond donors (Lipinski definition) is 1. The van der Waals surface area contributed by atoms with Crippen LogP contribution in [0.3, 0.4) is 0 Å². The van der Waals surface area contributed by atoms with Crippen LogP contribution < -0.4 is 5.32 Å². The van der Waals surface area contributed by atoms with Crippen molar-refractivity contribution in [2.24, 2.45) is 5.92 Å². The van der Waals surface area contributed by atoms with Gasteiger partial charge in [-0.05, 0) is 48.4 Å². The smallest absolute Gasteiger partial charge is 0.251 e. The molecule has 0 aromatic heterocycles. The standard InChI is InChI=1S/C17H18BrNO2/c1-11(15-6-7-21-10-15)19-17(20)14-3-2-13-9-16(18)5-4-12(13)8-14/h2-5,8-9,11,15H,6-7,10H2,1H3,(H,19,20). The molecule has 2 atom stereocenters. The van der Waals surface area contributed by atoms with Gasteiger partial charge in [-0.1, -0.05) is 28.1 Å². The second-order valence-electron chi connectivity index (χ2n) is 5.59. The molecule has 1 N–H and O–H groups in total. The van der Waals surface area contributed by atoms with E-state index in [-0.39, 0.29) is 11.9 Å². The van der Waals surface area contributed by atoms with E-state index in [1.165, 1.54) is 0 Å². The molecule has 21 heavy (non-hydrogen) atoms. The van der Waals surface area contributed by atoms with E-state index in [1.807, 2.05) is 30.3 Å². The minimum absolute atomic E-state index is 0.0146. The van der Waals surface area contributed by atoms with Crippen LogP contribution in [-0.4, -0.2) is 25.2 Å². The first kappa shape index (κ1) is 14.5. The molecule has 3 nitrogen and oxygen atoms in total. The number of carbonyl (C=O) groups is 1. The van der Waals surface area contributed by atoms with Crippen molar-refractivity contribution in [1.82, 2.24) is 5.32 Å². The molecule has 2 aromatic rings. The Morgan fingerprint density at radius 3 is 2.81 bits per heavy atom. The molecule has 1 fully saturated rings. The van der Waals surface area contributed by atoms with Crippen molar-refractivity contribution in [3.8, 4) is 0 Å². The van der Waals surface area contributed by atoms with Crippen molar-refractivity contribution in [3.63, 3.8) is 0 Å². The monoisotopic (exact) mass is 347 g/mol. The van der Waals surface area contributed by atoms with Crippen LogP contribution in [0.25, 0.3) is 10.8 Å². The van der Waals surface area contributed by atoms with Crippen LogP contribution in [0.1, 0.15) is 23.7 Å². The summed E-state index contributed by atoms with van der Waals surface area (Å²) in [6, 6.07) is 12.0. The molecule has 2 aromatic carbocycles. The van der Waals surface area contributed by atoms with Gasteiger partial charge in [0.1, 0.15) is 0 Å². The molecular weight excluding hydrogens is 330 g/mol. The number of ether oxygens (including phenoxy) is 1. The van der Waals surface area contributed by atoms with E-state index >= 15 is 0 Å². The highest BCUT2D eigenvalue weighted by atomic mass is 79.9. The number of fused-ring (bicyclic) bond motifs is 1. The van der Waals surface area contributed by atoms with Crippen molar-refractivity contribution in [3.05, 3.63) is 46.4 Å². The van der Waals surface area contributed by atoms with Crippen molar-refractivity contribution >= 4 is 32.6 Å². The van der Waals surface area contributed by atoms with E-state index in [4.69, 9.17) is 4.74 Å². The molecule has 110 valence electrons. The van der Waals surface area contributed by atoms with Crippen molar-refractivity contribution < 1.29 is 9.53 Å². The molecule has 0 radical (unpaired) electrons. The average molecular weight is 348 g/mol. The third-order valence-electron chi connectivity index (χ3n) is 4.10. The van der Waals surface area contributed by atoms with E-state index in [0.29, 0.717) is 11.5 Å². The van der Waals surface area contributed by atoms with E-state index < -0.39 is 0 Å². The summed E-state index contributed by atoms with van der Waals surface area (Å²) in [4.78, 5) is 12.4. The highest BCUT2D eigenvalue weighted by Gasteiger charge is 2.23. The summed E-state index contributed by atoms with van der Waals surface area (Å²) in [6.45, 7) is 3.60. The Bertz CT molecular complexity index is 665. The van der Waals surface area contributed by atoms with Gasteiger partial charge in [0.05, 0.1) is 6.61 Å². The Kier molecular flexibility index (Phi) is 4.27. The summed E-state index contributed by atoms with van der Waals surface area (Å²) in [5.41, 5.74) is 0.704. The van der Waals surface area contributed by atoms with Gasteiger partial charge >= 0.3 is 0 Å². The second kappa shape index (κ2) is 6.16. The molecular formula is C17H18BrNO2. The van der Waals surface area contributed by atoms with Gasteiger partial charge in [0.2, 0.25) is 0 Å². The highest BCUT2D eigenvalue weighted by Crippen LogP contribution is 2.21. The predicted molar refractivity (Wildman–Crippen MR) is 87.5 cm³/mol. The van der Waals surface area contributed by atoms with Crippen LogP contribution in [0.4, 0.5) is 0 Å². The first-order valence-electron chi connectivity index (χ1n) is 7.21. The van der Waals surface area contributed by atoms with Crippen molar-refractivity contribution in [2.75, 3.05) is 13.2 Å². The molecule has 1 aliphatic heterocycles. The number of rotatable bonds is 3. The fourth-order valence-electron chi connectivity index (χ4n) is 2.71. The number of amides is 1. The van der Waals surface area contributed by atoms with Crippen LogP contribution in [0.5, 0.6) is 0 Å². The summed E-state index contributed by atoms with van der Waals surface area (Å²) < 4.78 is 6.42. The number of carbonyl (C=O) groups excluding carboxylic acids is 1. The third kappa shape index (κ3) is 3.27. The SMILES string of the molecule is CC(NC(=O)c1ccc2cc(Br)ccc2c1)C1CCOC1. The lowest BCUT2D eigenvalue weighted by Crippen LogP contribution is -2.38. The lowest BCUT2D eigenvalue weighted by Gasteiger charge is -2.19. The summed E-state index contributed by atoms with van der Waals surface area (Å²) in [7, 11) is 0. The highest BCUT2D eigenvalue weighted by molar-refractivity contribution is 9.10. The van der Waals surface area contributed by atoms with E-state index in [1.54, 1.807) is 0 Å². The molecule has 3 rings (SSSR count). The maximum absolute atomic E-state index is 12.4. The normalized spacial score (nSPS) is 19.6. The second-order valence-corrected chi connectivity index (χ2v) is 6.51. The molecule has 0 spiro atoms. The van der Waals surface area contributed by atoms with Gasteiger partial charge in [0, 0.05) is 28.6 Å². The lowest BCUT2D eigenvalue weighted by atomic mass is 10.00. The van der Waals surface area contributed by atoms with Gasteiger partial charge < -0.3 is 10.1 Å². The Morgan fingerprint density at radius 2 is 2.05 bits per heavy atom. The number of hydrogen-bond acceptors (Lipinski definition) is 2. The molecule has 2 unspecified atom stereocenters. The maximum atomic E-state index is 12.4. The van der Waals surface area contributed by atoms with Crippen LogP contribution in [0, 0.1) is 5.92 Å². The third-order valence-corrected chi connectivity index (χ3v) is 4.59. The quantitative estimate of drug-likeness (QED) is 0.917. The van der Waals surface area contributed by atoms with Gasteiger partial charge in [-0.15, -0.1) is 0 Å². The molecule has 0 aliphatic carbocycles. The zero-order chi connectivity index (χ0) is 14.8. The van der Waals surface area contributed by atoms with Crippen molar-refractivity contribution in [1.29, 1.82) is 0 Å². The Hall–Kier alpha value is -1.39. The first-order chi connectivity index (χ1) is 10.1. The number of benzene rings is 2. The van der Waals surface area contributed by atoms with Gasteiger partial charge in [-0.3, -0.25) is 4.79 Å². The zero-order valence-electron chi connectivity index (χ0n) is 11.9. The van der Waals surface area contributed by atoms with Gasteiger partial charge in [-0.2, -0.15) is 0 Å². The van der Waals surface area contributed by atoms with E-state index in [0.717, 1.165) is 34.9 Å². The largest absolute Gasteiger partial charge is 0.381 e. The molecule has 1 heterocycles. The molecule has 1 aliphatic rings. The van der Waals surface area contributed by atoms with E-state index in [2.05, 4.69) is 34.2 Å². The van der Waals surface area contributed by atoms with E-state index in [9.17, 15) is 4.79 Å². The van der Waals surface area contributed by atoms with Gasteiger partial charge in [0.25, 0.3) is 5.91 Å². The summed E-state index contributed by atoms with van der Waals surface area (Å²) in [6.07, 6.45) is 1.02. The molecule has 0 saturated carbocycles. The molecule has 1 saturated heterocycles. The van der Waals surface area contributed by atoms with Crippen LogP contribution in [-0.2, 0) is 4.74 Å². The summed E-state index contributed by atoms with van der Waals surface area (Å²) in [5.74, 6) is 0.407. The van der Waals surface area contributed by atoms with Gasteiger partial charge in [-0.25, -0.2) is 0 Å². The van der Waals surface area contributed by atoms with Crippen molar-refractivity contribution in [2.45, 2.75) is 19.4 Å². The Labute approximate surface area is 132 Å². The Balaban J connectivity index is 1.76. The molecule has 0 bridgehead atoms. The first-order valence-corrected chi connectivity index (χ1v) is 8.01. The van der Waals surface area contributed by atoms with Crippen LogP contribution in [0.15, 0.2) is 40.9 Å². The maximum Gasteiger partial charge on any atom is 0.251 e. The fourth-order valence-corrected chi connectivity index (χ4v) is 3.09. The minimum Gasteiger partial charge on any atom is -0.381 e. The number of nitrogens with one attached hydrogen (secondary N) is 1. The molecule has 1 amide bonds. The van der Waals surface area contributed by atoms with Crippen LogP contribution >= 0.6 is 15.9 Å². The topological polar surface area (TPSA) is 38.3 Å². The fraction of sp³-hybridized carbons (Fsp3) is 0.353. The number of halogens is 1. The predicted octanol–water partition coefficient (Wildman–Crippen LogP) is 3.76. The van der Waals surface area contributed by atoms with Crippen LogP contribution in [0.2, 0.25) is 0 Å². The van der Waals surface area contributed by atoms with Gasteiger partial charge in [0.15, 0.2) is 0 Å². The average Bonchev–Trinajstić information content (AvgIpc) is 3.01. The minimum atomic E-state index is -0.0146. The molecule has 4 heteroatoms. The summed E-state index contributed by atoms with van der Waals surface area (Å²) >= 11 is 3.46. The zero-order valence-corrected chi connectivity index (χ0v) is 13.5.